The van der Waals surface area contributed by atoms with E-state index in [0.29, 0.717) is 40.7 Å². The van der Waals surface area contributed by atoms with Crippen LogP contribution < -0.4 is 4.72 Å². The predicted octanol–water partition coefficient (Wildman–Crippen LogP) is 7.59. The Balaban J connectivity index is 1.36. The lowest BCUT2D eigenvalue weighted by molar-refractivity contribution is -0.148. The number of hydrogen-bond donors (Lipinski definition) is 1. The van der Waals surface area contributed by atoms with Gasteiger partial charge in [0.1, 0.15) is 30.6 Å². The van der Waals surface area contributed by atoms with Crippen molar-refractivity contribution in [3.63, 3.8) is 0 Å². The smallest absolute Gasteiger partial charge is 0.261 e. The number of nitrogens with one attached hydrogen (secondary N) is 1. The van der Waals surface area contributed by atoms with Gasteiger partial charge in [0.05, 0.1) is 40.3 Å². The van der Waals surface area contributed by atoms with Crippen molar-refractivity contribution in [1.82, 2.24) is 23.1 Å². The van der Waals surface area contributed by atoms with Crippen LogP contribution in [0.25, 0.3) is 33.0 Å². The maximum Gasteiger partial charge on any atom is 0.261 e. The summed E-state index contributed by atoms with van der Waals surface area (Å²) in [6, 6.07) is 8.23. The number of carbonyl (C=O) groups is 2. The van der Waals surface area contributed by atoms with Gasteiger partial charge in [0.25, 0.3) is 11.8 Å². The fourth-order valence-corrected chi connectivity index (χ4v) is 18.8. The molecule has 4 aromatic rings. The number of piperidine rings is 1. The number of amides is 2. The number of ether oxygens (including phenoxy) is 3. The molecule has 0 saturated carbocycles. The average molecular weight is 1020 g/mol. The third-order valence-corrected chi connectivity index (χ3v) is 21.9. The first kappa shape index (κ1) is 51.5. The normalized spacial score (nSPS) is 22.3. The number of fused-ring (bicyclic) bond motifs is 3. The Morgan fingerprint density at radius 1 is 0.731 bits per heavy atom. The van der Waals surface area contributed by atoms with Crippen molar-refractivity contribution >= 4 is 89.0 Å². The Labute approximate surface area is 397 Å². The lowest BCUT2D eigenvalue weighted by Crippen LogP contribution is -2.67. The Kier molecular flexibility index (Phi) is 14.1. The van der Waals surface area contributed by atoms with E-state index in [4.69, 9.17) is 14.2 Å². The van der Waals surface area contributed by atoms with Gasteiger partial charge in [-0.25, -0.2) is 30.3 Å². The molecule has 2 saturated heterocycles. The molecule has 5 heterocycles. The molecule has 3 aliphatic rings. The number of carbonyl (C=O) groups excluding carboxylic acids is 2. The first-order valence-corrected chi connectivity index (χ1v) is 37.3. The van der Waals surface area contributed by atoms with Gasteiger partial charge in [-0.15, -0.1) is 0 Å². The number of nitrogens with zero attached hydrogens (tertiary/aromatic N) is 4. The molecule has 2 aromatic carbocycles. The maximum absolute atomic E-state index is 15.5. The molecule has 2 aromatic heterocycles. The molecule has 2 fully saturated rings. The van der Waals surface area contributed by atoms with Gasteiger partial charge in [0.2, 0.25) is 20.0 Å². The van der Waals surface area contributed by atoms with E-state index in [2.05, 4.69) is 63.6 Å². The maximum atomic E-state index is 15.5. The molecule has 0 unspecified atom stereocenters. The highest BCUT2D eigenvalue weighted by atomic mass is 32.2. The summed E-state index contributed by atoms with van der Waals surface area (Å²) in [5.41, 5.74) is 1.50. The number of benzene rings is 2. The van der Waals surface area contributed by atoms with Crippen LogP contribution in [-0.2, 0) is 57.1 Å². The number of halogens is 2. The number of sulfonamides is 2. The third-order valence-electron chi connectivity index (χ3n) is 12.7. The zero-order valence-electron chi connectivity index (χ0n) is 40.8. The molecular weight excluding hydrogens is 953 g/mol. The number of rotatable bonds is 18. The number of likely N-dealkylation sites (N-methyl/N-ethyl adjacent to an activating group) is 1. The average Bonchev–Trinajstić information content (AvgIpc) is 3.90. The van der Waals surface area contributed by atoms with E-state index >= 15 is 8.78 Å². The molecule has 368 valence electrons. The molecule has 0 bridgehead atoms. The molecule has 1 N–H and O–H groups in total. The summed E-state index contributed by atoms with van der Waals surface area (Å²) in [6.07, 6.45) is 1.44. The van der Waals surface area contributed by atoms with Crippen LogP contribution in [0, 0.1) is 11.6 Å². The first-order valence-electron chi connectivity index (χ1n) is 22.9. The second kappa shape index (κ2) is 18.4. The minimum Gasteiger partial charge on any atom is -0.361 e. The summed E-state index contributed by atoms with van der Waals surface area (Å²) in [6.45, 7) is 22.9. The third kappa shape index (κ3) is 11.5. The fourth-order valence-electron chi connectivity index (χ4n) is 9.00. The molecule has 21 heteroatoms. The van der Waals surface area contributed by atoms with Crippen LogP contribution in [0.1, 0.15) is 25.0 Å². The molecule has 0 spiro atoms. The largest absolute Gasteiger partial charge is 0.361 e. The molecule has 4 atom stereocenters. The topological polar surface area (TPSA) is 158 Å². The van der Waals surface area contributed by atoms with Gasteiger partial charge in [-0.3, -0.25) is 14.5 Å². The molecule has 67 heavy (non-hydrogen) atoms. The van der Waals surface area contributed by atoms with Crippen molar-refractivity contribution < 1.29 is 49.4 Å². The van der Waals surface area contributed by atoms with Crippen LogP contribution in [0.3, 0.4) is 0 Å². The Morgan fingerprint density at radius 3 is 1.76 bits per heavy atom. The Bertz CT molecular complexity index is 2850. The second-order valence-electron chi connectivity index (χ2n) is 22.5. The Hall–Kier alpha value is -3.39. The van der Waals surface area contributed by atoms with Crippen molar-refractivity contribution in [2.75, 3.05) is 31.7 Å². The van der Waals surface area contributed by atoms with E-state index in [0.717, 1.165) is 10.9 Å². The van der Waals surface area contributed by atoms with Gasteiger partial charge >= 0.3 is 0 Å². The van der Waals surface area contributed by atoms with Gasteiger partial charge in [-0.05, 0) is 68.4 Å². The minimum atomic E-state index is -4.09. The van der Waals surface area contributed by atoms with Crippen molar-refractivity contribution in [2.45, 2.75) is 134 Å². The van der Waals surface area contributed by atoms with Gasteiger partial charge in [-0.1, -0.05) is 58.9 Å². The second-order valence-corrected chi connectivity index (χ2v) is 43.3. The zero-order chi connectivity index (χ0) is 49.4. The molecule has 0 radical (unpaired) electrons. The van der Waals surface area contributed by atoms with E-state index in [9.17, 15) is 26.4 Å². The summed E-state index contributed by atoms with van der Waals surface area (Å²) in [5.74, 6) is -3.95. The van der Waals surface area contributed by atoms with E-state index in [-0.39, 0.29) is 53.4 Å². The van der Waals surface area contributed by atoms with Crippen LogP contribution in [0.4, 0.5) is 8.78 Å². The molecule has 14 nitrogen and oxygen atoms in total. The van der Waals surface area contributed by atoms with Crippen molar-refractivity contribution in [3.8, 4) is 0 Å². The van der Waals surface area contributed by atoms with Gasteiger partial charge in [0, 0.05) is 90.8 Å². The van der Waals surface area contributed by atoms with Gasteiger partial charge < -0.3 is 23.3 Å². The highest BCUT2D eigenvalue weighted by Gasteiger charge is 2.57. The standard InChI is InChI=1S/C46H67F2N5O9S2Si3/c1-46(2)61-42-36(49-63(56,57)18-21-66(7,8)9)27-53(64(58,59)19-22-67(10,11)12)39(43(42)62-46)28-51-25-34(32-23-30(47)13-15-37(32)51)40-41(45(55)50(3)44(40)54)35-26-52(29-60-17-20-65(4,5)6)38-16-14-31(48)24-33(35)38/h13-16,23-26,36,39,42-43,49H,17-22,27-29H2,1-12H3/t36-,39-,42+,43+/m0/s1. The van der Waals surface area contributed by atoms with E-state index in [1.165, 1.54) is 41.7 Å². The molecule has 0 aliphatic carbocycles. The zero-order valence-corrected chi connectivity index (χ0v) is 45.5. The van der Waals surface area contributed by atoms with E-state index in [1.54, 1.807) is 41.4 Å². The molecule has 2 amide bonds. The minimum absolute atomic E-state index is 0.000861. The lowest BCUT2D eigenvalue weighted by atomic mass is 9.94. The summed E-state index contributed by atoms with van der Waals surface area (Å²) in [5, 5.41) is 0.665. The number of aromatic nitrogens is 2. The summed E-state index contributed by atoms with van der Waals surface area (Å²) in [7, 11) is -11.7. The Morgan fingerprint density at radius 2 is 1.22 bits per heavy atom. The first-order chi connectivity index (χ1) is 30.8. The number of hydrogen-bond acceptors (Lipinski definition) is 9. The summed E-state index contributed by atoms with van der Waals surface area (Å²) >= 11 is 0. The van der Waals surface area contributed by atoms with E-state index in [1.807, 2.05) is 0 Å². The van der Waals surface area contributed by atoms with Gasteiger partial charge in [-0.2, -0.15) is 4.31 Å². The lowest BCUT2D eigenvalue weighted by Gasteiger charge is -2.44. The van der Waals surface area contributed by atoms with Crippen LogP contribution in [-0.4, -0.2) is 133 Å². The SMILES string of the molecule is CN1C(=O)C(c2cn(COCC[Si](C)(C)C)c3ccc(F)cc23)=C(c2cn(C[C@H]3[C@H]4OC(C)(C)O[C@@H]4[C@@H](NS(=O)(=O)CC[Si](C)(C)C)CN3S(=O)(=O)CC[Si](C)(C)C)c3ccc(F)cc23)C1=O. The van der Waals surface area contributed by atoms with Crippen LogP contribution in [0.2, 0.25) is 77.1 Å². The fraction of sp³-hybridized carbons (Fsp3) is 0.565. The predicted molar refractivity (Wildman–Crippen MR) is 268 cm³/mol. The van der Waals surface area contributed by atoms with Crippen LogP contribution in [0.5, 0.6) is 0 Å². The van der Waals surface area contributed by atoms with E-state index < -0.39 is 97.8 Å². The highest BCUT2D eigenvalue weighted by molar-refractivity contribution is 7.89. The number of imide groups is 1. The highest BCUT2D eigenvalue weighted by Crippen LogP contribution is 2.44. The monoisotopic (exact) mass is 1020 g/mol. The van der Waals surface area contributed by atoms with Crippen molar-refractivity contribution in [2.24, 2.45) is 0 Å². The molecule has 3 aliphatic heterocycles. The van der Waals surface area contributed by atoms with Crippen molar-refractivity contribution in [3.05, 3.63) is 71.6 Å². The quantitative estimate of drug-likeness (QED) is 0.0602. The van der Waals surface area contributed by atoms with Crippen LogP contribution in [0.15, 0.2) is 48.8 Å². The van der Waals surface area contributed by atoms with Crippen LogP contribution >= 0.6 is 0 Å². The van der Waals surface area contributed by atoms with Crippen molar-refractivity contribution in [1.29, 1.82) is 0 Å². The summed E-state index contributed by atoms with van der Waals surface area (Å²) in [4.78, 5) is 29.7. The molecular formula is C46H67F2N5O9S2Si3. The van der Waals surface area contributed by atoms with Gasteiger partial charge in [0.15, 0.2) is 5.79 Å². The molecule has 7 rings (SSSR count). The summed E-state index contributed by atoms with van der Waals surface area (Å²) < 4.78 is 114.